The van der Waals surface area contributed by atoms with Gasteiger partial charge in [0.05, 0.1) is 10.5 Å². The highest BCUT2D eigenvalue weighted by Crippen LogP contribution is 2.18. The summed E-state index contributed by atoms with van der Waals surface area (Å²) in [6, 6.07) is 6.98. The second-order valence-electron chi connectivity index (χ2n) is 5.47. The molecule has 1 aromatic heterocycles. The molecule has 1 saturated heterocycles. The number of aliphatic hydroxyl groups is 1. The van der Waals surface area contributed by atoms with E-state index in [4.69, 9.17) is 16.7 Å². The Morgan fingerprint density at radius 1 is 1.22 bits per heavy atom. The topological polar surface area (TPSA) is 81.6 Å². The number of aromatic nitrogens is 2. The smallest absolute Gasteiger partial charge is 0.151 e. The number of hydrogen-bond donors (Lipinski definition) is 2. The van der Waals surface area contributed by atoms with E-state index in [9.17, 15) is 4.79 Å². The maximum atomic E-state index is 10.4. The van der Waals surface area contributed by atoms with E-state index in [1.165, 1.54) is 5.49 Å². The van der Waals surface area contributed by atoms with Crippen molar-refractivity contribution in [2.75, 3.05) is 50.6 Å². The summed E-state index contributed by atoms with van der Waals surface area (Å²) in [7, 11) is 3.15. The summed E-state index contributed by atoms with van der Waals surface area (Å²) in [6.07, 6.45) is 4.11. The maximum absolute atomic E-state index is 10.4. The van der Waals surface area contributed by atoms with Gasteiger partial charge in [-0.05, 0) is 31.3 Å². The molecule has 0 spiro atoms. The monoisotopic (exact) mass is 409 g/mol. The van der Waals surface area contributed by atoms with Crippen molar-refractivity contribution in [3.63, 3.8) is 0 Å². The van der Waals surface area contributed by atoms with Crippen LogP contribution >= 0.6 is 23.8 Å². The second kappa shape index (κ2) is 13.1. The molecule has 1 aliphatic rings. The minimum atomic E-state index is 0.423. The molecule has 0 radical (unpaired) electrons. The lowest BCUT2D eigenvalue weighted by Crippen LogP contribution is -2.44. The molecule has 9 heteroatoms. The number of piperazine rings is 1. The van der Waals surface area contributed by atoms with Gasteiger partial charge in [0.15, 0.2) is 6.29 Å². The highest BCUT2D eigenvalue weighted by Gasteiger charge is 2.14. The van der Waals surface area contributed by atoms with Gasteiger partial charge >= 0.3 is 0 Å². The minimum Gasteiger partial charge on any atom is -0.400 e. The Hall–Kier alpha value is -2.13. The zero-order valence-electron chi connectivity index (χ0n) is 15.4. The molecule has 0 unspecified atom stereocenters. The first kappa shape index (κ1) is 22.9. The van der Waals surface area contributed by atoms with Crippen LogP contribution in [0.15, 0.2) is 36.8 Å². The number of aldehydes is 1. The number of carbonyl (C=O) groups is 1. The number of nitrogens with zero attached hydrogens (tertiary/aromatic N) is 4. The zero-order valence-corrected chi connectivity index (χ0v) is 17.0. The van der Waals surface area contributed by atoms with Crippen molar-refractivity contribution in [1.82, 2.24) is 14.9 Å². The number of halogens is 1. The molecule has 1 aliphatic heterocycles. The Labute approximate surface area is 170 Å². The minimum absolute atomic E-state index is 0.423. The van der Waals surface area contributed by atoms with Crippen LogP contribution in [0, 0.1) is 0 Å². The van der Waals surface area contributed by atoms with E-state index in [1.54, 1.807) is 30.7 Å². The van der Waals surface area contributed by atoms with Crippen LogP contribution < -0.4 is 10.2 Å². The van der Waals surface area contributed by atoms with Crippen LogP contribution in [0.3, 0.4) is 0 Å². The third-order valence-corrected chi connectivity index (χ3v) is 4.19. The van der Waals surface area contributed by atoms with Crippen molar-refractivity contribution in [2.45, 2.75) is 0 Å². The van der Waals surface area contributed by atoms with Crippen LogP contribution in [0.25, 0.3) is 0 Å². The van der Waals surface area contributed by atoms with Gasteiger partial charge < -0.3 is 20.2 Å². The van der Waals surface area contributed by atoms with Crippen molar-refractivity contribution in [1.29, 1.82) is 0 Å². The molecule has 0 aliphatic carbocycles. The molecule has 2 heterocycles. The van der Waals surface area contributed by atoms with Crippen molar-refractivity contribution in [3.8, 4) is 0 Å². The SMILES string of the molecule is CN1CCN(c2ccncn2)CC1.CO.O=Cc1ccc(NC=S)cc1Cl. The van der Waals surface area contributed by atoms with Crippen LogP contribution in [0.4, 0.5) is 11.5 Å². The lowest BCUT2D eigenvalue weighted by Gasteiger charge is -2.32. The van der Waals surface area contributed by atoms with Crippen molar-refractivity contribution < 1.29 is 9.90 Å². The number of carbonyl (C=O) groups excluding carboxylic acids is 1. The molecule has 0 bridgehead atoms. The van der Waals surface area contributed by atoms with Gasteiger partial charge in [-0.25, -0.2) is 9.97 Å². The summed E-state index contributed by atoms with van der Waals surface area (Å²) < 4.78 is 0. The number of nitrogens with one attached hydrogen (secondary N) is 1. The van der Waals surface area contributed by atoms with Crippen molar-refractivity contribution >= 4 is 47.1 Å². The molecule has 1 fully saturated rings. The van der Waals surface area contributed by atoms with Gasteiger partial charge in [-0.1, -0.05) is 23.8 Å². The summed E-state index contributed by atoms with van der Waals surface area (Å²) in [5.41, 5.74) is 2.64. The highest BCUT2D eigenvalue weighted by atomic mass is 35.5. The standard InChI is InChI=1S/C9H14N4.C8H6ClNOS.CH4O/c1-12-4-6-13(7-5-12)9-2-3-10-8-11-9;9-8-3-7(10-5-12)2-1-6(8)4-11;1-2/h2-3,8H,4-7H2,1H3;1-5H,(H,10,12);2H,1H3. The lowest BCUT2D eigenvalue weighted by atomic mass is 10.2. The Morgan fingerprint density at radius 3 is 2.44 bits per heavy atom. The number of likely N-dealkylation sites (N-methyl/N-ethyl adjacent to an activating group) is 1. The largest absolute Gasteiger partial charge is 0.400 e. The molecule has 146 valence electrons. The molecule has 0 amide bonds. The molecule has 27 heavy (non-hydrogen) atoms. The lowest BCUT2D eigenvalue weighted by molar-refractivity contribution is 0.112. The fourth-order valence-electron chi connectivity index (χ4n) is 2.29. The number of hydrogen-bond acceptors (Lipinski definition) is 7. The third-order valence-electron chi connectivity index (χ3n) is 3.75. The van der Waals surface area contributed by atoms with Gasteiger partial charge in [0.2, 0.25) is 0 Å². The predicted molar refractivity (Wildman–Crippen MR) is 114 cm³/mol. The van der Waals surface area contributed by atoms with Crippen LogP contribution in [0.5, 0.6) is 0 Å². The normalized spacial score (nSPS) is 13.4. The summed E-state index contributed by atoms with van der Waals surface area (Å²) in [4.78, 5) is 23.1. The van der Waals surface area contributed by atoms with Crippen molar-refractivity contribution in [3.05, 3.63) is 47.4 Å². The fraction of sp³-hybridized carbons (Fsp3) is 0.333. The van der Waals surface area contributed by atoms with Gasteiger partial charge in [-0.2, -0.15) is 0 Å². The van der Waals surface area contributed by atoms with E-state index in [0.717, 1.165) is 44.8 Å². The van der Waals surface area contributed by atoms with E-state index in [2.05, 4.69) is 44.4 Å². The van der Waals surface area contributed by atoms with Gasteiger partial charge in [0, 0.05) is 50.7 Å². The number of thiocarbonyl (C=S) groups is 1. The predicted octanol–water partition coefficient (Wildman–Crippen LogP) is 2.36. The van der Waals surface area contributed by atoms with Gasteiger partial charge in [0.25, 0.3) is 0 Å². The van der Waals surface area contributed by atoms with Crippen LogP contribution in [0.1, 0.15) is 10.4 Å². The first-order chi connectivity index (χ1) is 13.1. The van der Waals surface area contributed by atoms with Crippen LogP contribution in [0.2, 0.25) is 5.02 Å². The van der Waals surface area contributed by atoms with Crippen LogP contribution in [-0.2, 0) is 0 Å². The summed E-state index contributed by atoms with van der Waals surface area (Å²) in [5.74, 6) is 1.04. The summed E-state index contributed by atoms with van der Waals surface area (Å²) in [5, 5.41) is 10.2. The van der Waals surface area contributed by atoms with Gasteiger partial charge in [-0.15, -0.1) is 0 Å². The molecule has 7 nitrogen and oxygen atoms in total. The third kappa shape index (κ3) is 7.96. The number of anilines is 2. The van der Waals surface area contributed by atoms with E-state index >= 15 is 0 Å². The first-order valence-corrected chi connectivity index (χ1v) is 9.08. The summed E-state index contributed by atoms with van der Waals surface area (Å²) >= 11 is 10.3. The van der Waals surface area contributed by atoms with Gasteiger partial charge in [-0.3, -0.25) is 4.79 Å². The highest BCUT2D eigenvalue weighted by molar-refractivity contribution is 7.79. The number of rotatable bonds is 4. The van der Waals surface area contributed by atoms with Crippen molar-refractivity contribution in [2.24, 2.45) is 0 Å². The molecule has 2 aromatic rings. The van der Waals surface area contributed by atoms with E-state index in [-0.39, 0.29) is 0 Å². The second-order valence-corrected chi connectivity index (χ2v) is 6.12. The molecule has 0 atom stereocenters. The van der Waals surface area contributed by atoms with E-state index in [1.807, 2.05) is 6.07 Å². The Morgan fingerprint density at radius 2 is 1.93 bits per heavy atom. The Bertz CT molecular complexity index is 697. The molecule has 1 aromatic carbocycles. The molecular weight excluding hydrogens is 386 g/mol. The molecular formula is C18H24ClN5O2S. The molecule has 2 N–H and O–H groups in total. The van der Waals surface area contributed by atoms with E-state index in [0.29, 0.717) is 16.9 Å². The van der Waals surface area contributed by atoms with E-state index < -0.39 is 0 Å². The molecule has 3 rings (SSSR count). The molecule has 0 saturated carbocycles. The average molecular weight is 410 g/mol. The number of aliphatic hydroxyl groups excluding tert-OH is 1. The Kier molecular flexibility index (Phi) is 11.1. The zero-order chi connectivity index (χ0) is 20.1. The fourth-order valence-corrected chi connectivity index (χ4v) is 2.65. The number of benzene rings is 1. The maximum Gasteiger partial charge on any atom is 0.151 e. The quantitative estimate of drug-likeness (QED) is 0.588. The first-order valence-electron chi connectivity index (χ1n) is 8.23. The average Bonchev–Trinajstić information content (AvgIpc) is 2.72. The van der Waals surface area contributed by atoms with Crippen LogP contribution in [-0.4, -0.2) is 72.1 Å². The Balaban J connectivity index is 0.000000248. The van der Waals surface area contributed by atoms with Gasteiger partial charge in [0.1, 0.15) is 12.1 Å². The summed E-state index contributed by atoms with van der Waals surface area (Å²) in [6.45, 7) is 4.36.